The van der Waals surface area contributed by atoms with E-state index in [0.717, 1.165) is 16.7 Å². The highest BCUT2D eigenvalue weighted by atomic mass is 32.2. The Bertz CT molecular complexity index is 751. The Morgan fingerprint density at radius 2 is 1.62 bits per heavy atom. The summed E-state index contributed by atoms with van der Waals surface area (Å²) in [6.07, 6.45) is 0. The highest BCUT2D eigenvalue weighted by molar-refractivity contribution is 7.89. The number of nitrogens with one attached hydrogen (secondary N) is 1. The van der Waals surface area contributed by atoms with Crippen LogP contribution in [0.5, 0.6) is 0 Å². The number of hydrogen-bond acceptors (Lipinski definition) is 3. The van der Waals surface area contributed by atoms with Gasteiger partial charge in [0.15, 0.2) is 0 Å². The quantitative estimate of drug-likeness (QED) is 0.853. The Labute approximate surface area is 126 Å². The molecule has 0 spiro atoms. The molecule has 0 atom stereocenters. The SMILES string of the molecule is Cc1ccc(CNS(=O)(=O)c2cc(C)cc(N)c2C)cc1. The second kappa shape index (κ2) is 5.87. The normalized spacial score (nSPS) is 11.6. The van der Waals surface area contributed by atoms with Crippen molar-refractivity contribution in [3.8, 4) is 0 Å². The van der Waals surface area contributed by atoms with Crippen molar-refractivity contribution in [3.63, 3.8) is 0 Å². The van der Waals surface area contributed by atoms with Crippen LogP contribution in [-0.4, -0.2) is 8.42 Å². The first kappa shape index (κ1) is 15.5. The van der Waals surface area contributed by atoms with Gasteiger partial charge in [-0.15, -0.1) is 0 Å². The van der Waals surface area contributed by atoms with Crippen molar-refractivity contribution in [1.29, 1.82) is 0 Å². The Balaban J connectivity index is 2.25. The molecule has 0 fully saturated rings. The van der Waals surface area contributed by atoms with Gasteiger partial charge >= 0.3 is 0 Å². The van der Waals surface area contributed by atoms with Crippen molar-refractivity contribution < 1.29 is 8.42 Å². The number of anilines is 1. The van der Waals surface area contributed by atoms with Crippen LogP contribution in [0.3, 0.4) is 0 Å². The summed E-state index contributed by atoms with van der Waals surface area (Å²) in [4.78, 5) is 0.243. The zero-order chi connectivity index (χ0) is 15.6. The molecule has 0 radical (unpaired) electrons. The standard InChI is InChI=1S/C16H20N2O2S/c1-11-4-6-14(7-5-11)10-18-21(19,20)16-9-12(2)8-15(17)13(16)3/h4-9,18H,10,17H2,1-3H3. The lowest BCUT2D eigenvalue weighted by Crippen LogP contribution is -2.24. The first-order valence-electron chi connectivity index (χ1n) is 6.71. The molecule has 0 unspecified atom stereocenters. The molecule has 0 aliphatic carbocycles. The van der Waals surface area contributed by atoms with Crippen LogP contribution in [0.4, 0.5) is 5.69 Å². The maximum Gasteiger partial charge on any atom is 0.241 e. The summed E-state index contributed by atoms with van der Waals surface area (Å²) in [5.41, 5.74) is 9.81. The minimum absolute atomic E-state index is 0.243. The van der Waals surface area contributed by atoms with Crippen LogP contribution < -0.4 is 10.5 Å². The van der Waals surface area contributed by atoms with Gasteiger partial charge in [-0.2, -0.15) is 0 Å². The maximum atomic E-state index is 12.4. The van der Waals surface area contributed by atoms with E-state index >= 15 is 0 Å². The highest BCUT2D eigenvalue weighted by Gasteiger charge is 2.18. The highest BCUT2D eigenvalue weighted by Crippen LogP contribution is 2.23. The third-order valence-electron chi connectivity index (χ3n) is 3.42. The van der Waals surface area contributed by atoms with Crippen LogP contribution in [0.1, 0.15) is 22.3 Å². The van der Waals surface area contributed by atoms with E-state index in [-0.39, 0.29) is 11.4 Å². The van der Waals surface area contributed by atoms with Crippen molar-refractivity contribution >= 4 is 15.7 Å². The number of rotatable bonds is 4. The smallest absolute Gasteiger partial charge is 0.241 e. The fourth-order valence-electron chi connectivity index (χ4n) is 2.09. The summed E-state index contributed by atoms with van der Waals surface area (Å²) in [6, 6.07) is 11.2. The van der Waals surface area contributed by atoms with E-state index in [4.69, 9.17) is 5.73 Å². The molecule has 0 saturated carbocycles. The first-order chi connectivity index (χ1) is 9.79. The fraction of sp³-hybridized carbons (Fsp3) is 0.250. The molecule has 21 heavy (non-hydrogen) atoms. The molecule has 2 rings (SSSR count). The van der Waals surface area contributed by atoms with Gasteiger partial charge in [0.2, 0.25) is 10.0 Å². The van der Waals surface area contributed by atoms with Crippen LogP contribution in [0, 0.1) is 20.8 Å². The van der Waals surface area contributed by atoms with Crippen LogP contribution in [-0.2, 0) is 16.6 Å². The monoisotopic (exact) mass is 304 g/mol. The Morgan fingerprint density at radius 1 is 1.00 bits per heavy atom. The van der Waals surface area contributed by atoms with Gasteiger partial charge in [-0.05, 0) is 49.6 Å². The summed E-state index contributed by atoms with van der Waals surface area (Å²) in [5.74, 6) is 0. The lowest BCUT2D eigenvalue weighted by molar-refractivity contribution is 0.580. The van der Waals surface area contributed by atoms with Gasteiger partial charge in [-0.1, -0.05) is 29.8 Å². The number of sulfonamides is 1. The number of nitrogens with two attached hydrogens (primary N) is 1. The molecule has 0 aromatic heterocycles. The van der Waals surface area contributed by atoms with Crippen molar-refractivity contribution in [2.75, 3.05) is 5.73 Å². The van der Waals surface area contributed by atoms with Crippen molar-refractivity contribution in [2.24, 2.45) is 0 Å². The lowest BCUT2D eigenvalue weighted by atomic mass is 10.1. The van der Waals surface area contributed by atoms with E-state index in [1.54, 1.807) is 19.1 Å². The molecule has 4 nitrogen and oxygen atoms in total. The third kappa shape index (κ3) is 3.62. The Morgan fingerprint density at radius 3 is 2.24 bits per heavy atom. The minimum atomic E-state index is -3.57. The molecule has 0 aliphatic heterocycles. The molecule has 0 heterocycles. The predicted octanol–water partition coefficient (Wildman–Crippen LogP) is 2.67. The van der Waals surface area contributed by atoms with Crippen LogP contribution in [0.25, 0.3) is 0 Å². The summed E-state index contributed by atoms with van der Waals surface area (Å²) in [7, 11) is -3.57. The molecule has 2 aromatic carbocycles. The molecule has 112 valence electrons. The zero-order valence-electron chi connectivity index (χ0n) is 12.5. The van der Waals surface area contributed by atoms with Crippen molar-refractivity contribution in [1.82, 2.24) is 4.72 Å². The molecule has 5 heteroatoms. The van der Waals surface area contributed by atoms with Gasteiger partial charge in [0.25, 0.3) is 0 Å². The third-order valence-corrected chi connectivity index (χ3v) is 4.95. The van der Waals surface area contributed by atoms with E-state index < -0.39 is 10.0 Å². The number of benzene rings is 2. The molecule has 3 N–H and O–H groups in total. The average Bonchev–Trinajstić information content (AvgIpc) is 2.42. The van der Waals surface area contributed by atoms with Crippen LogP contribution in [0.2, 0.25) is 0 Å². The zero-order valence-corrected chi connectivity index (χ0v) is 13.3. The second-order valence-corrected chi connectivity index (χ2v) is 7.02. The van der Waals surface area contributed by atoms with Crippen molar-refractivity contribution in [3.05, 3.63) is 58.7 Å². The summed E-state index contributed by atoms with van der Waals surface area (Å²) in [5, 5.41) is 0. The molecule has 2 aromatic rings. The molecule has 0 aliphatic rings. The Kier molecular flexibility index (Phi) is 4.34. The van der Waals surface area contributed by atoms with Gasteiger partial charge < -0.3 is 5.73 Å². The van der Waals surface area contributed by atoms with E-state index in [9.17, 15) is 8.42 Å². The number of hydrogen-bond donors (Lipinski definition) is 2. The number of aryl methyl sites for hydroxylation is 2. The van der Waals surface area contributed by atoms with Gasteiger partial charge in [-0.25, -0.2) is 13.1 Å². The van der Waals surface area contributed by atoms with Gasteiger partial charge in [-0.3, -0.25) is 0 Å². The maximum absolute atomic E-state index is 12.4. The van der Waals surface area contributed by atoms with Gasteiger partial charge in [0, 0.05) is 12.2 Å². The first-order valence-corrected chi connectivity index (χ1v) is 8.20. The van der Waals surface area contributed by atoms with Gasteiger partial charge in [0.05, 0.1) is 4.90 Å². The van der Waals surface area contributed by atoms with Crippen molar-refractivity contribution in [2.45, 2.75) is 32.2 Å². The van der Waals surface area contributed by atoms with Crippen LogP contribution in [0.15, 0.2) is 41.3 Å². The van der Waals surface area contributed by atoms with E-state index in [0.29, 0.717) is 11.3 Å². The average molecular weight is 304 g/mol. The topological polar surface area (TPSA) is 72.2 Å². The van der Waals surface area contributed by atoms with E-state index in [1.165, 1.54) is 0 Å². The predicted molar refractivity (Wildman–Crippen MR) is 85.5 cm³/mol. The van der Waals surface area contributed by atoms with E-state index in [1.807, 2.05) is 38.1 Å². The van der Waals surface area contributed by atoms with Crippen LogP contribution >= 0.6 is 0 Å². The molecule has 0 amide bonds. The summed E-state index contributed by atoms with van der Waals surface area (Å²) >= 11 is 0. The second-order valence-electron chi connectivity index (χ2n) is 5.29. The van der Waals surface area contributed by atoms with Gasteiger partial charge in [0.1, 0.15) is 0 Å². The lowest BCUT2D eigenvalue weighted by Gasteiger charge is -2.12. The Hall–Kier alpha value is -1.85. The molecular weight excluding hydrogens is 284 g/mol. The minimum Gasteiger partial charge on any atom is -0.398 e. The van der Waals surface area contributed by atoms with E-state index in [2.05, 4.69) is 4.72 Å². The summed E-state index contributed by atoms with van der Waals surface area (Å²) < 4.78 is 27.5. The largest absolute Gasteiger partial charge is 0.398 e. The summed E-state index contributed by atoms with van der Waals surface area (Å²) in [6.45, 7) is 5.80. The number of nitrogen functional groups attached to an aromatic ring is 1. The molecule has 0 bridgehead atoms. The molecule has 0 saturated heterocycles. The fourth-order valence-corrected chi connectivity index (χ4v) is 3.47. The molecular formula is C16H20N2O2S.